The van der Waals surface area contributed by atoms with Crippen molar-refractivity contribution in [2.75, 3.05) is 6.61 Å². The summed E-state index contributed by atoms with van der Waals surface area (Å²) >= 11 is 6.83. The highest BCUT2D eigenvalue weighted by molar-refractivity contribution is 9.13. The molecule has 0 saturated carbocycles. The largest absolute Gasteiger partial charge is 0.396 e. The predicted octanol–water partition coefficient (Wildman–Crippen LogP) is 3.14. The van der Waals surface area contributed by atoms with Crippen LogP contribution >= 0.6 is 31.9 Å². The van der Waals surface area contributed by atoms with Gasteiger partial charge in [0.2, 0.25) is 0 Å². The topological polar surface area (TPSA) is 20.2 Å². The van der Waals surface area contributed by atoms with Crippen LogP contribution in [0.25, 0.3) is 0 Å². The van der Waals surface area contributed by atoms with Crippen LogP contribution < -0.4 is 0 Å². The molecular formula is C9H10Br2O. The summed E-state index contributed by atoms with van der Waals surface area (Å²) in [4.78, 5) is 0. The maximum absolute atomic E-state index is 8.63. The van der Waals surface area contributed by atoms with E-state index in [2.05, 4.69) is 44.0 Å². The van der Waals surface area contributed by atoms with Gasteiger partial charge in [0, 0.05) is 15.6 Å². The van der Waals surface area contributed by atoms with E-state index in [9.17, 15) is 0 Å². The van der Waals surface area contributed by atoms with Gasteiger partial charge in [0.15, 0.2) is 0 Å². The molecule has 1 rings (SSSR count). The molecule has 0 aliphatic rings. The van der Waals surface area contributed by atoms with E-state index in [1.54, 1.807) is 0 Å². The minimum atomic E-state index is 0.258. The Labute approximate surface area is 89.1 Å². The van der Waals surface area contributed by atoms with E-state index >= 15 is 0 Å². The fourth-order valence-corrected chi connectivity index (χ4v) is 1.65. The van der Waals surface area contributed by atoms with E-state index < -0.39 is 0 Å². The Balaban J connectivity index is 2.69. The van der Waals surface area contributed by atoms with Gasteiger partial charge in [-0.1, -0.05) is 6.07 Å². The first-order chi connectivity index (χ1) is 5.74. The number of benzene rings is 1. The molecule has 12 heavy (non-hydrogen) atoms. The summed E-state index contributed by atoms with van der Waals surface area (Å²) in [6, 6.07) is 6.14. The summed E-state index contributed by atoms with van der Waals surface area (Å²) in [7, 11) is 0. The average Bonchev–Trinajstić information content (AvgIpc) is 2.07. The highest BCUT2D eigenvalue weighted by atomic mass is 79.9. The Morgan fingerprint density at radius 2 is 1.92 bits per heavy atom. The Hall–Kier alpha value is 0.140. The third-order valence-corrected chi connectivity index (χ3v) is 3.49. The molecule has 0 atom stereocenters. The summed E-state index contributed by atoms with van der Waals surface area (Å²) < 4.78 is 2.13. The second kappa shape index (κ2) is 5.00. The molecule has 0 fully saturated rings. The van der Waals surface area contributed by atoms with Crippen LogP contribution in [0.5, 0.6) is 0 Å². The van der Waals surface area contributed by atoms with Gasteiger partial charge in [0.1, 0.15) is 0 Å². The lowest BCUT2D eigenvalue weighted by molar-refractivity contribution is 0.288. The Bertz CT molecular complexity index is 261. The molecule has 1 N–H and O–H groups in total. The van der Waals surface area contributed by atoms with Crippen LogP contribution in [0.2, 0.25) is 0 Å². The monoisotopic (exact) mass is 292 g/mol. The molecular weight excluding hydrogens is 284 g/mol. The highest BCUT2D eigenvalue weighted by Gasteiger charge is 1.97. The van der Waals surface area contributed by atoms with E-state index in [1.165, 1.54) is 5.56 Å². The molecule has 0 bridgehead atoms. The van der Waals surface area contributed by atoms with Crippen molar-refractivity contribution in [2.45, 2.75) is 12.8 Å². The molecule has 0 aliphatic carbocycles. The number of hydrogen-bond acceptors (Lipinski definition) is 1. The van der Waals surface area contributed by atoms with Crippen LogP contribution in [0.15, 0.2) is 27.1 Å². The van der Waals surface area contributed by atoms with E-state index in [0.29, 0.717) is 0 Å². The van der Waals surface area contributed by atoms with Crippen LogP contribution in [0, 0.1) is 0 Å². The quantitative estimate of drug-likeness (QED) is 0.908. The minimum Gasteiger partial charge on any atom is -0.396 e. The number of aliphatic hydroxyl groups is 1. The zero-order valence-electron chi connectivity index (χ0n) is 6.56. The fraction of sp³-hybridized carbons (Fsp3) is 0.333. The van der Waals surface area contributed by atoms with Crippen molar-refractivity contribution in [3.05, 3.63) is 32.7 Å². The first-order valence-electron chi connectivity index (χ1n) is 3.79. The number of rotatable bonds is 3. The Morgan fingerprint density at radius 3 is 2.50 bits per heavy atom. The van der Waals surface area contributed by atoms with Gasteiger partial charge < -0.3 is 5.11 Å². The van der Waals surface area contributed by atoms with Crippen LogP contribution in [0.4, 0.5) is 0 Å². The zero-order chi connectivity index (χ0) is 8.97. The van der Waals surface area contributed by atoms with Crippen molar-refractivity contribution < 1.29 is 5.11 Å². The van der Waals surface area contributed by atoms with Gasteiger partial charge in [0.25, 0.3) is 0 Å². The lowest BCUT2D eigenvalue weighted by Crippen LogP contribution is -1.89. The van der Waals surface area contributed by atoms with Crippen molar-refractivity contribution in [3.8, 4) is 0 Å². The number of aliphatic hydroxyl groups excluding tert-OH is 1. The van der Waals surface area contributed by atoms with Crippen molar-refractivity contribution in [1.82, 2.24) is 0 Å². The lowest BCUT2D eigenvalue weighted by atomic mass is 10.1. The summed E-state index contributed by atoms with van der Waals surface area (Å²) in [5, 5.41) is 8.63. The smallest absolute Gasteiger partial charge is 0.0434 e. The summed E-state index contributed by atoms with van der Waals surface area (Å²) in [5.74, 6) is 0. The Kier molecular flexibility index (Phi) is 4.26. The van der Waals surface area contributed by atoms with Gasteiger partial charge in [-0.15, -0.1) is 0 Å². The normalized spacial score (nSPS) is 10.2. The predicted molar refractivity (Wildman–Crippen MR) is 57.2 cm³/mol. The first kappa shape index (κ1) is 10.2. The third kappa shape index (κ3) is 2.88. The van der Waals surface area contributed by atoms with Gasteiger partial charge in [-0.25, -0.2) is 0 Å². The van der Waals surface area contributed by atoms with Gasteiger partial charge in [-0.2, -0.15) is 0 Å². The van der Waals surface area contributed by atoms with Crippen molar-refractivity contribution >= 4 is 31.9 Å². The van der Waals surface area contributed by atoms with Crippen LogP contribution in [0.1, 0.15) is 12.0 Å². The highest BCUT2D eigenvalue weighted by Crippen LogP contribution is 2.24. The van der Waals surface area contributed by atoms with Crippen LogP contribution in [0.3, 0.4) is 0 Å². The standard InChI is InChI=1S/C9H10Br2O/c10-8-4-3-7(2-1-5-12)6-9(8)11/h3-4,6,12H,1-2,5H2. The molecule has 0 aromatic heterocycles. The summed E-state index contributed by atoms with van der Waals surface area (Å²) in [6.07, 6.45) is 1.76. The zero-order valence-corrected chi connectivity index (χ0v) is 9.73. The molecule has 0 heterocycles. The van der Waals surface area contributed by atoms with Crippen molar-refractivity contribution in [1.29, 1.82) is 0 Å². The van der Waals surface area contributed by atoms with Gasteiger partial charge in [-0.05, 0) is 62.4 Å². The molecule has 0 unspecified atom stereocenters. The third-order valence-electron chi connectivity index (χ3n) is 1.61. The van der Waals surface area contributed by atoms with Crippen molar-refractivity contribution in [3.63, 3.8) is 0 Å². The molecule has 1 nitrogen and oxygen atoms in total. The first-order valence-corrected chi connectivity index (χ1v) is 5.37. The second-order valence-corrected chi connectivity index (χ2v) is 4.28. The average molecular weight is 294 g/mol. The van der Waals surface area contributed by atoms with Crippen LogP contribution in [-0.4, -0.2) is 11.7 Å². The Morgan fingerprint density at radius 1 is 1.17 bits per heavy atom. The molecule has 0 radical (unpaired) electrons. The molecule has 0 saturated heterocycles. The van der Waals surface area contributed by atoms with E-state index in [4.69, 9.17) is 5.11 Å². The molecule has 66 valence electrons. The maximum Gasteiger partial charge on any atom is 0.0434 e. The number of aryl methyl sites for hydroxylation is 1. The van der Waals surface area contributed by atoms with E-state index in [1.807, 2.05) is 6.07 Å². The fourth-order valence-electron chi connectivity index (χ4n) is 0.978. The maximum atomic E-state index is 8.63. The molecule has 1 aromatic carbocycles. The summed E-state index contributed by atoms with van der Waals surface area (Å²) in [6.45, 7) is 0.258. The van der Waals surface area contributed by atoms with Gasteiger partial charge >= 0.3 is 0 Å². The van der Waals surface area contributed by atoms with E-state index in [0.717, 1.165) is 21.8 Å². The molecule has 3 heteroatoms. The number of hydrogen-bond donors (Lipinski definition) is 1. The number of halogens is 2. The molecule has 1 aromatic rings. The van der Waals surface area contributed by atoms with E-state index in [-0.39, 0.29) is 6.61 Å². The lowest BCUT2D eigenvalue weighted by Gasteiger charge is -2.01. The van der Waals surface area contributed by atoms with Gasteiger partial charge in [0.05, 0.1) is 0 Å². The molecule has 0 spiro atoms. The SMILES string of the molecule is OCCCc1ccc(Br)c(Br)c1. The summed E-state index contributed by atoms with van der Waals surface area (Å²) in [5.41, 5.74) is 1.25. The minimum absolute atomic E-state index is 0.258. The van der Waals surface area contributed by atoms with Crippen molar-refractivity contribution in [2.24, 2.45) is 0 Å². The molecule has 0 aliphatic heterocycles. The molecule has 0 amide bonds. The second-order valence-electron chi connectivity index (χ2n) is 2.58. The van der Waals surface area contributed by atoms with Gasteiger partial charge in [-0.3, -0.25) is 0 Å². The van der Waals surface area contributed by atoms with Crippen LogP contribution in [-0.2, 0) is 6.42 Å².